The van der Waals surface area contributed by atoms with Crippen LogP contribution in [-0.2, 0) is 19.6 Å². The minimum Gasteiger partial charge on any atom is -0.465 e. The Bertz CT molecular complexity index is 1640. The highest BCUT2D eigenvalue weighted by Gasteiger charge is 2.17. The number of rotatable bonds is 9. The number of nitrogens with one attached hydrogen (secondary N) is 1. The van der Waals surface area contributed by atoms with Crippen LogP contribution in [0.1, 0.15) is 46.0 Å². The van der Waals surface area contributed by atoms with Gasteiger partial charge in [-0.2, -0.15) is 0 Å². The number of sulfonamides is 1. The Labute approximate surface area is 234 Å². The summed E-state index contributed by atoms with van der Waals surface area (Å²) in [6.07, 6.45) is 3.57. The number of ether oxygens (including phenoxy) is 1. The maximum atomic E-state index is 12.6. The summed E-state index contributed by atoms with van der Waals surface area (Å²) in [5.74, 6) is -1.37. The molecule has 4 rings (SSSR count). The molecule has 6 nitrogen and oxygen atoms in total. The molecule has 1 N–H and O–H groups in total. The average Bonchev–Trinajstić information content (AvgIpc) is 2.99. The number of amides is 1. The van der Waals surface area contributed by atoms with E-state index < -0.39 is 21.9 Å². The van der Waals surface area contributed by atoms with Crippen molar-refractivity contribution < 1.29 is 22.7 Å². The first-order valence-electron chi connectivity index (χ1n) is 12.7. The Kier molecular flexibility index (Phi) is 9.09. The molecule has 1 amide bonds. The molecule has 202 valence electrons. The van der Waals surface area contributed by atoms with Crippen LogP contribution in [0.3, 0.4) is 0 Å². The molecule has 0 saturated heterocycles. The van der Waals surface area contributed by atoms with E-state index in [1.54, 1.807) is 6.08 Å². The number of hydrogen-bond acceptors (Lipinski definition) is 5. The molecule has 4 aromatic rings. The van der Waals surface area contributed by atoms with Crippen LogP contribution in [0.5, 0.6) is 0 Å². The van der Waals surface area contributed by atoms with Gasteiger partial charge in [-0.1, -0.05) is 91.9 Å². The van der Waals surface area contributed by atoms with Crippen molar-refractivity contribution in [2.75, 3.05) is 7.11 Å². The quantitative estimate of drug-likeness (QED) is 0.149. The lowest BCUT2D eigenvalue weighted by Gasteiger charge is -2.16. The van der Waals surface area contributed by atoms with E-state index in [0.29, 0.717) is 0 Å². The van der Waals surface area contributed by atoms with E-state index in [1.807, 2.05) is 65.4 Å². The highest BCUT2D eigenvalue weighted by atomic mass is 32.2. The van der Waals surface area contributed by atoms with Gasteiger partial charge in [-0.3, -0.25) is 4.79 Å². The van der Waals surface area contributed by atoms with E-state index in [4.69, 9.17) is 0 Å². The van der Waals surface area contributed by atoms with Gasteiger partial charge in [0.1, 0.15) is 0 Å². The molecular weight excluding hydrogens is 522 g/mol. The lowest BCUT2D eigenvalue weighted by atomic mass is 9.88. The Balaban J connectivity index is 1.54. The van der Waals surface area contributed by atoms with Crippen LogP contribution in [-0.4, -0.2) is 27.4 Å². The zero-order valence-electron chi connectivity index (χ0n) is 22.2. The molecule has 0 aliphatic rings. The van der Waals surface area contributed by atoms with E-state index >= 15 is 0 Å². The molecular formula is C33H29NO5S. The fraction of sp³-hybridized carbons (Fsp3) is 0.0909. The summed E-state index contributed by atoms with van der Waals surface area (Å²) in [5, 5.41) is 0. The van der Waals surface area contributed by atoms with Gasteiger partial charge in [0.15, 0.2) is 0 Å². The SMILES string of the molecule is CC/C(=C(\c1ccccc1)c1ccc(/C=C/C(=O)NS(=O)(=O)c2ccc(C(=O)OC)cc2)cc1)c1ccccc1. The van der Waals surface area contributed by atoms with Crippen molar-refractivity contribution >= 4 is 39.1 Å². The maximum Gasteiger partial charge on any atom is 0.337 e. The minimum absolute atomic E-state index is 0.142. The van der Waals surface area contributed by atoms with Crippen LogP contribution in [0.25, 0.3) is 17.2 Å². The molecule has 0 spiro atoms. The number of hydrogen-bond donors (Lipinski definition) is 1. The normalized spacial score (nSPS) is 12.1. The fourth-order valence-corrected chi connectivity index (χ4v) is 5.28. The summed E-state index contributed by atoms with van der Waals surface area (Å²) in [5.41, 5.74) is 6.60. The van der Waals surface area contributed by atoms with Crippen LogP contribution >= 0.6 is 0 Å². The zero-order valence-corrected chi connectivity index (χ0v) is 23.0. The zero-order chi connectivity index (χ0) is 28.5. The summed E-state index contributed by atoms with van der Waals surface area (Å²) in [7, 11) is -2.87. The molecule has 4 aromatic carbocycles. The van der Waals surface area contributed by atoms with Crippen LogP contribution in [0.4, 0.5) is 0 Å². The van der Waals surface area contributed by atoms with Crippen molar-refractivity contribution in [1.82, 2.24) is 4.72 Å². The van der Waals surface area contributed by atoms with Crippen LogP contribution in [0.15, 0.2) is 120 Å². The van der Waals surface area contributed by atoms with Crippen LogP contribution in [0.2, 0.25) is 0 Å². The van der Waals surface area contributed by atoms with Gasteiger partial charge in [-0.25, -0.2) is 17.9 Å². The van der Waals surface area contributed by atoms with E-state index in [9.17, 15) is 18.0 Å². The summed E-state index contributed by atoms with van der Waals surface area (Å²) in [6.45, 7) is 2.14. The van der Waals surface area contributed by atoms with Gasteiger partial charge in [0, 0.05) is 6.08 Å². The van der Waals surface area contributed by atoms with Gasteiger partial charge >= 0.3 is 5.97 Å². The first kappa shape index (κ1) is 28.3. The van der Waals surface area contributed by atoms with Gasteiger partial charge in [0.2, 0.25) is 0 Å². The van der Waals surface area contributed by atoms with Crippen molar-refractivity contribution in [1.29, 1.82) is 0 Å². The fourth-order valence-electron chi connectivity index (χ4n) is 4.33. The van der Waals surface area contributed by atoms with Crippen molar-refractivity contribution in [2.24, 2.45) is 0 Å². The third kappa shape index (κ3) is 6.81. The van der Waals surface area contributed by atoms with E-state index in [1.165, 1.54) is 43.0 Å². The Morgan fingerprint density at radius 3 is 1.80 bits per heavy atom. The van der Waals surface area contributed by atoms with Crippen LogP contribution in [0, 0.1) is 0 Å². The molecule has 0 aromatic heterocycles. The first-order chi connectivity index (χ1) is 19.3. The second-order valence-corrected chi connectivity index (χ2v) is 10.6. The predicted octanol–water partition coefficient (Wildman–Crippen LogP) is 6.36. The average molecular weight is 552 g/mol. The minimum atomic E-state index is -4.11. The molecule has 0 aliphatic carbocycles. The van der Waals surface area contributed by atoms with Gasteiger partial charge in [0.05, 0.1) is 17.6 Å². The standard InChI is InChI=1S/C33H29NO5S/c1-3-30(25-10-6-4-7-11-25)32(26-12-8-5-9-13-26)27-17-14-24(15-18-27)16-23-31(35)34-40(37,38)29-21-19-28(20-22-29)33(36)39-2/h4-23H,3H2,1-2H3,(H,34,35)/b23-16+,32-30-. The molecule has 0 heterocycles. The second-order valence-electron chi connectivity index (χ2n) is 8.88. The van der Waals surface area contributed by atoms with Crippen molar-refractivity contribution in [3.8, 4) is 0 Å². The molecule has 0 unspecified atom stereocenters. The maximum absolute atomic E-state index is 12.6. The Morgan fingerprint density at radius 1 is 0.725 bits per heavy atom. The monoisotopic (exact) mass is 551 g/mol. The number of carbonyl (C=O) groups is 2. The Morgan fingerprint density at radius 2 is 1.25 bits per heavy atom. The molecule has 0 radical (unpaired) electrons. The highest BCUT2D eigenvalue weighted by molar-refractivity contribution is 7.90. The van der Waals surface area contributed by atoms with Gasteiger partial charge < -0.3 is 4.74 Å². The molecule has 40 heavy (non-hydrogen) atoms. The van der Waals surface area contributed by atoms with Crippen molar-refractivity contribution in [2.45, 2.75) is 18.2 Å². The number of carbonyl (C=O) groups excluding carboxylic acids is 2. The van der Waals surface area contributed by atoms with Gasteiger partial charge in [-0.05, 0) is 70.2 Å². The first-order valence-corrected chi connectivity index (χ1v) is 14.2. The number of allylic oxidation sites excluding steroid dienone is 1. The summed E-state index contributed by atoms with van der Waals surface area (Å²) in [4.78, 5) is 23.8. The number of methoxy groups -OCH3 is 1. The number of esters is 1. The van der Waals surface area contributed by atoms with Gasteiger partial charge in [0.25, 0.3) is 15.9 Å². The Hall–Kier alpha value is -4.75. The third-order valence-corrected chi connectivity index (χ3v) is 7.65. The molecule has 0 aliphatic heterocycles. The van der Waals surface area contributed by atoms with Crippen molar-refractivity contribution in [3.63, 3.8) is 0 Å². The topological polar surface area (TPSA) is 89.5 Å². The smallest absolute Gasteiger partial charge is 0.337 e. The lowest BCUT2D eigenvalue weighted by molar-refractivity contribution is -0.114. The summed E-state index contributed by atoms with van der Waals surface area (Å²) in [6, 6.07) is 33.4. The van der Waals surface area contributed by atoms with Crippen LogP contribution < -0.4 is 4.72 Å². The van der Waals surface area contributed by atoms with E-state index in [-0.39, 0.29) is 10.5 Å². The summed E-state index contributed by atoms with van der Waals surface area (Å²) >= 11 is 0. The van der Waals surface area contributed by atoms with Crippen molar-refractivity contribution in [3.05, 3.63) is 143 Å². The molecule has 0 fully saturated rings. The molecule has 7 heteroatoms. The third-order valence-electron chi connectivity index (χ3n) is 6.29. The number of benzene rings is 4. The lowest BCUT2D eigenvalue weighted by Crippen LogP contribution is -2.29. The highest BCUT2D eigenvalue weighted by Crippen LogP contribution is 2.34. The molecule has 0 saturated carbocycles. The molecule has 0 bridgehead atoms. The van der Waals surface area contributed by atoms with E-state index in [0.717, 1.165) is 34.2 Å². The second kappa shape index (κ2) is 12.9. The predicted molar refractivity (Wildman–Crippen MR) is 158 cm³/mol. The van der Waals surface area contributed by atoms with E-state index in [2.05, 4.69) is 35.9 Å². The largest absolute Gasteiger partial charge is 0.465 e. The summed E-state index contributed by atoms with van der Waals surface area (Å²) < 4.78 is 31.8. The van der Waals surface area contributed by atoms with Gasteiger partial charge in [-0.15, -0.1) is 0 Å². The molecule has 0 atom stereocenters.